The second kappa shape index (κ2) is 4.80. The van der Waals surface area contributed by atoms with Crippen molar-refractivity contribution in [2.24, 2.45) is 5.73 Å². The van der Waals surface area contributed by atoms with Crippen LogP contribution in [0.1, 0.15) is 27.5 Å². The molecule has 0 unspecified atom stereocenters. The molecule has 0 amide bonds. The predicted molar refractivity (Wildman–Crippen MR) is 65.9 cm³/mol. The van der Waals surface area contributed by atoms with E-state index in [9.17, 15) is 4.79 Å². The third-order valence-corrected chi connectivity index (χ3v) is 2.68. The zero-order valence-corrected chi connectivity index (χ0v) is 9.21. The highest BCUT2D eigenvalue weighted by Crippen LogP contribution is 2.19. The average molecular weight is 227 g/mol. The first-order chi connectivity index (χ1) is 8.18. The molecule has 0 aliphatic carbocycles. The van der Waals surface area contributed by atoms with Crippen molar-refractivity contribution in [3.8, 4) is 0 Å². The second-order valence-electron chi connectivity index (χ2n) is 3.82. The normalized spacial score (nSPS) is 12.1. The summed E-state index contributed by atoms with van der Waals surface area (Å²) in [6.07, 6.45) is 0. The molecule has 0 aliphatic heterocycles. The van der Waals surface area contributed by atoms with Crippen molar-refractivity contribution in [2.45, 2.75) is 6.04 Å². The van der Waals surface area contributed by atoms with Gasteiger partial charge in [0.1, 0.15) is 0 Å². The molecule has 0 bridgehead atoms. The maximum Gasteiger partial charge on any atom is 0.335 e. The Morgan fingerprint density at radius 2 is 1.47 bits per heavy atom. The molecule has 2 aromatic carbocycles. The van der Waals surface area contributed by atoms with Gasteiger partial charge in [0.05, 0.1) is 11.6 Å². The molecule has 0 spiro atoms. The summed E-state index contributed by atoms with van der Waals surface area (Å²) in [5.74, 6) is -0.926. The van der Waals surface area contributed by atoms with Crippen LogP contribution in [-0.4, -0.2) is 11.1 Å². The van der Waals surface area contributed by atoms with Gasteiger partial charge in [-0.15, -0.1) is 0 Å². The van der Waals surface area contributed by atoms with Crippen molar-refractivity contribution in [3.05, 3.63) is 71.3 Å². The van der Waals surface area contributed by atoms with Gasteiger partial charge in [0.15, 0.2) is 0 Å². The van der Waals surface area contributed by atoms with Gasteiger partial charge in [-0.2, -0.15) is 0 Å². The minimum absolute atomic E-state index is 0.223. The van der Waals surface area contributed by atoms with Crippen LogP contribution in [0.15, 0.2) is 54.6 Å². The Kier molecular flexibility index (Phi) is 3.21. The highest BCUT2D eigenvalue weighted by molar-refractivity contribution is 5.87. The molecule has 0 saturated heterocycles. The standard InChI is InChI=1S/C14H13NO2/c15-13(10-4-2-1-3-5-10)11-6-8-12(9-7-11)14(16)17/h1-9,13H,15H2,(H,16,17)/t13-/m0/s1. The van der Waals surface area contributed by atoms with E-state index < -0.39 is 5.97 Å². The van der Waals surface area contributed by atoms with Gasteiger partial charge in [0.25, 0.3) is 0 Å². The summed E-state index contributed by atoms with van der Waals surface area (Å²) < 4.78 is 0. The molecule has 0 aromatic heterocycles. The lowest BCUT2D eigenvalue weighted by molar-refractivity contribution is 0.0697. The number of rotatable bonds is 3. The number of carboxylic acid groups (broad SMARTS) is 1. The van der Waals surface area contributed by atoms with E-state index in [1.54, 1.807) is 24.3 Å². The Bertz CT molecular complexity index is 506. The molecule has 17 heavy (non-hydrogen) atoms. The van der Waals surface area contributed by atoms with Gasteiger partial charge in [0.2, 0.25) is 0 Å². The summed E-state index contributed by atoms with van der Waals surface area (Å²) >= 11 is 0. The summed E-state index contributed by atoms with van der Waals surface area (Å²) in [4.78, 5) is 10.7. The van der Waals surface area contributed by atoms with E-state index in [1.165, 1.54) is 0 Å². The van der Waals surface area contributed by atoms with Crippen LogP contribution in [-0.2, 0) is 0 Å². The minimum Gasteiger partial charge on any atom is -0.478 e. The molecule has 0 heterocycles. The van der Waals surface area contributed by atoms with Crippen LogP contribution >= 0.6 is 0 Å². The van der Waals surface area contributed by atoms with Crippen molar-refractivity contribution in [3.63, 3.8) is 0 Å². The van der Waals surface area contributed by atoms with Crippen LogP contribution in [0.3, 0.4) is 0 Å². The highest BCUT2D eigenvalue weighted by Gasteiger charge is 2.09. The van der Waals surface area contributed by atoms with E-state index in [0.717, 1.165) is 11.1 Å². The molecular formula is C14H13NO2. The van der Waals surface area contributed by atoms with Gasteiger partial charge >= 0.3 is 5.97 Å². The molecular weight excluding hydrogens is 214 g/mol. The molecule has 3 nitrogen and oxygen atoms in total. The van der Waals surface area contributed by atoms with E-state index in [2.05, 4.69) is 0 Å². The first-order valence-corrected chi connectivity index (χ1v) is 5.32. The molecule has 0 aliphatic rings. The van der Waals surface area contributed by atoms with Gasteiger partial charge in [-0.3, -0.25) is 0 Å². The minimum atomic E-state index is -0.926. The fourth-order valence-electron chi connectivity index (χ4n) is 1.69. The number of carboxylic acids is 1. The molecule has 0 radical (unpaired) electrons. The Morgan fingerprint density at radius 1 is 0.941 bits per heavy atom. The predicted octanol–water partition coefficient (Wildman–Crippen LogP) is 2.43. The SMILES string of the molecule is N[C@@H](c1ccccc1)c1ccc(C(=O)O)cc1. The maximum atomic E-state index is 10.7. The van der Waals surface area contributed by atoms with Crippen molar-refractivity contribution >= 4 is 5.97 Å². The fourth-order valence-corrected chi connectivity index (χ4v) is 1.69. The summed E-state index contributed by atoms with van der Waals surface area (Å²) in [6.45, 7) is 0. The van der Waals surface area contributed by atoms with Crippen LogP contribution in [0.4, 0.5) is 0 Å². The molecule has 0 saturated carbocycles. The molecule has 2 rings (SSSR count). The topological polar surface area (TPSA) is 63.3 Å². The number of aromatic carboxylic acids is 1. The number of hydrogen-bond acceptors (Lipinski definition) is 2. The highest BCUT2D eigenvalue weighted by atomic mass is 16.4. The first-order valence-electron chi connectivity index (χ1n) is 5.32. The first kappa shape index (κ1) is 11.4. The summed E-state index contributed by atoms with van der Waals surface area (Å²) in [5, 5.41) is 8.80. The number of benzene rings is 2. The van der Waals surface area contributed by atoms with Gasteiger partial charge in [-0.1, -0.05) is 42.5 Å². The lowest BCUT2D eigenvalue weighted by Crippen LogP contribution is -2.11. The average Bonchev–Trinajstić information content (AvgIpc) is 2.39. The van der Waals surface area contributed by atoms with Crippen LogP contribution in [0.2, 0.25) is 0 Å². The molecule has 3 N–H and O–H groups in total. The number of hydrogen-bond donors (Lipinski definition) is 2. The van der Waals surface area contributed by atoms with Gasteiger partial charge in [-0.25, -0.2) is 4.79 Å². The molecule has 3 heteroatoms. The maximum absolute atomic E-state index is 10.7. The third-order valence-electron chi connectivity index (χ3n) is 2.68. The Labute approximate surface area is 99.5 Å². The van der Waals surface area contributed by atoms with Crippen molar-refractivity contribution in [1.82, 2.24) is 0 Å². The lowest BCUT2D eigenvalue weighted by Gasteiger charge is -2.12. The van der Waals surface area contributed by atoms with Crippen LogP contribution in [0.25, 0.3) is 0 Å². The van der Waals surface area contributed by atoms with Crippen molar-refractivity contribution in [1.29, 1.82) is 0 Å². The smallest absolute Gasteiger partial charge is 0.335 e. The number of nitrogens with two attached hydrogens (primary N) is 1. The largest absolute Gasteiger partial charge is 0.478 e. The van der Waals surface area contributed by atoms with Gasteiger partial charge < -0.3 is 10.8 Å². The van der Waals surface area contributed by atoms with Crippen molar-refractivity contribution in [2.75, 3.05) is 0 Å². The Morgan fingerprint density at radius 3 is 2.00 bits per heavy atom. The van der Waals surface area contributed by atoms with E-state index in [0.29, 0.717) is 0 Å². The summed E-state index contributed by atoms with van der Waals surface area (Å²) in [5.41, 5.74) is 8.28. The van der Waals surface area contributed by atoms with Gasteiger partial charge in [-0.05, 0) is 23.3 Å². The summed E-state index contributed by atoms with van der Waals surface area (Å²) in [7, 11) is 0. The molecule has 2 aromatic rings. The summed E-state index contributed by atoms with van der Waals surface area (Å²) in [6, 6.07) is 16.1. The van der Waals surface area contributed by atoms with E-state index in [1.807, 2.05) is 30.3 Å². The van der Waals surface area contributed by atoms with Crippen LogP contribution < -0.4 is 5.73 Å². The van der Waals surface area contributed by atoms with E-state index in [-0.39, 0.29) is 11.6 Å². The van der Waals surface area contributed by atoms with E-state index in [4.69, 9.17) is 10.8 Å². The quantitative estimate of drug-likeness (QED) is 0.846. The zero-order valence-electron chi connectivity index (χ0n) is 9.21. The Balaban J connectivity index is 2.26. The molecule has 0 fully saturated rings. The second-order valence-corrected chi connectivity index (χ2v) is 3.82. The monoisotopic (exact) mass is 227 g/mol. The molecule has 1 atom stereocenters. The van der Waals surface area contributed by atoms with Crippen molar-refractivity contribution < 1.29 is 9.90 Å². The van der Waals surface area contributed by atoms with Crippen LogP contribution in [0, 0.1) is 0 Å². The third kappa shape index (κ3) is 2.52. The Hall–Kier alpha value is -2.13. The lowest BCUT2D eigenvalue weighted by atomic mass is 9.99. The fraction of sp³-hybridized carbons (Fsp3) is 0.0714. The van der Waals surface area contributed by atoms with Crippen LogP contribution in [0.5, 0.6) is 0 Å². The molecule has 86 valence electrons. The number of carbonyl (C=O) groups is 1. The van der Waals surface area contributed by atoms with Gasteiger partial charge in [0, 0.05) is 0 Å². The zero-order chi connectivity index (χ0) is 12.3. The van der Waals surface area contributed by atoms with E-state index >= 15 is 0 Å².